The van der Waals surface area contributed by atoms with Crippen molar-refractivity contribution in [1.82, 2.24) is 5.32 Å². The number of ether oxygens (including phenoxy) is 2. The summed E-state index contributed by atoms with van der Waals surface area (Å²) in [4.78, 5) is 33.2. The number of carbonyl (C=O) groups is 3. The van der Waals surface area contributed by atoms with Crippen LogP contribution in [0.2, 0.25) is 0 Å². The Labute approximate surface area is 131 Å². The summed E-state index contributed by atoms with van der Waals surface area (Å²) in [5, 5.41) is 11.5. The predicted molar refractivity (Wildman–Crippen MR) is 80.1 cm³/mol. The Morgan fingerprint density at radius 2 is 1.82 bits per heavy atom. The van der Waals surface area contributed by atoms with Crippen molar-refractivity contribution in [3.63, 3.8) is 0 Å². The van der Waals surface area contributed by atoms with Crippen LogP contribution in [0.5, 0.6) is 0 Å². The van der Waals surface area contributed by atoms with Crippen LogP contribution in [0.3, 0.4) is 0 Å². The zero-order valence-corrected chi connectivity index (χ0v) is 13.8. The molecule has 0 heterocycles. The minimum absolute atomic E-state index is 0.00612. The second-order valence-corrected chi connectivity index (χ2v) is 5.56. The highest BCUT2D eigenvalue weighted by Crippen LogP contribution is 2.19. The maximum Gasteiger partial charge on any atom is 0.410 e. The fourth-order valence-electron chi connectivity index (χ4n) is 2.34. The van der Waals surface area contributed by atoms with Gasteiger partial charge in [-0.15, -0.1) is 0 Å². The van der Waals surface area contributed by atoms with Gasteiger partial charge in [0.2, 0.25) is 6.29 Å². The molecule has 7 nitrogen and oxygen atoms in total. The summed E-state index contributed by atoms with van der Waals surface area (Å²) in [5.41, 5.74) is 0. The molecule has 0 bridgehead atoms. The van der Waals surface area contributed by atoms with Crippen LogP contribution in [-0.2, 0) is 19.1 Å². The van der Waals surface area contributed by atoms with Gasteiger partial charge in [0.25, 0.3) is 0 Å². The van der Waals surface area contributed by atoms with E-state index in [1.165, 1.54) is 13.8 Å². The molecule has 2 N–H and O–H groups in total. The molecule has 0 aliphatic carbocycles. The molecule has 0 aromatic heterocycles. The number of carboxylic acids is 1. The molecule has 3 atom stereocenters. The van der Waals surface area contributed by atoms with Gasteiger partial charge in [-0.05, 0) is 18.3 Å². The van der Waals surface area contributed by atoms with Crippen molar-refractivity contribution >= 4 is 18.0 Å². The van der Waals surface area contributed by atoms with Crippen LogP contribution >= 0.6 is 0 Å². The normalized spacial score (nSPS) is 14.5. The molecule has 0 saturated heterocycles. The fraction of sp³-hybridized carbons (Fsp3) is 0.800. The lowest BCUT2D eigenvalue weighted by Crippen LogP contribution is -2.34. The number of alkyl carbamates (subject to hydrolysis) is 1. The molecule has 128 valence electrons. The summed E-state index contributed by atoms with van der Waals surface area (Å²) in [7, 11) is 0. The van der Waals surface area contributed by atoms with Gasteiger partial charge in [0.15, 0.2) is 0 Å². The molecule has 0 rings (SSSR count). The molecule has 0 aliphatic rings. The number of carbonyl (C=O) groups excluding carboxylic acids is 2. The standard InChI is InChI=1S/C15H27NO6/c1-5-6-10(2)7-13(8-14(18)19)9-16-15(20)22-12(4)21-11(3)17/h10,12-13H,5-9H2,1-4H3,(H,16,20)(H,18,19)/t10-,12+,13+/m1/s1. The molecule has 22 heavy (non-hydrogen) atoms. The molecule has 0 fully saturated rings. The Morgan fingerprint density at radius 1 is 1.18 bits per heavy atom. The van der Waals surface area contributed by atoms with Crippen molar-refractivity contribution in [2.75, 3.05) is 6.54 Å². The van der Waals surface area contributed by atoms with Crippen molar-refractivity contribution in [3.05, 3.63) is 0 Å². The lowest BCUT2D eigenvalue weighted by molar-refractivity contribution is -0.162. The Kier molecular flexibility index (Phi) is 9.98. The van der Waals surface area contributed by atoms with Gasteiger partial charge in [0, 0.05) is 26.8 Å². The first-order chi connectivity index (χ1) is 10.2. The van der Waals surface area contributed by atoms with Crippen LogP contribution in [0, 0.1) is 11.8 Å². The number of carboxylic acid groups (broad SMARTS) is 1. The molecule has 0 aromatic rings. The lowest BCUT2D eigenvalue weighted by Gasteiger charge is -2.20. The van der Waals surface area contributed by atoms with Gasteiger partial charge in [0.1, 0.15) is 0 Å². The SMILES string of the molecule is CCC[C@@H](C)C[C@H](CNC(=O)O[C@@H](C)OC(C)=O)CC(=O)O. The summed E-state index contributed by atoms with van der Waals surface area (Å²) in [6, 6.07) is 0. The highest BCUT2D eigenvalue weighted by Gasteiger charge is 2.19. The van der Waals surface area contributed by atoms with Gasteiger partial charge in [-0.25, -0.2) is 4.79 Å². The number of amides is 1. The molecular weight excluding hydrogens is 290 g/mol. The van der Waals surface area contributed by atoms with E-state index in [1.54, 1.807) is 0 Å². The van der Waals surface area contributed by atoms with Crippen molar-refractivity contribution < 1.29 is 29.0 Å². The molecule has 0 saturated carbocycles. The molecule has 0 aliphatic heterocycles. The van der Waals surface area contributed by atoms with Gasteiger partial charge in [-0.3, -0.25) is 9.59 Å². The first-order valence-corrected chi connectivity index (χ1v) is 7.58. The smallest absolute Gasteiger partial charge is 0.410 e. The average Bonchev–Trinajstić information content (AvgIpc) is 2.34. The van der Waals surface area contributed by atoms with Gasteiger partial charge >= 0.3 is 18.0 Å². The van der Waals surface area contributed by atoms with E-state index in [0.717, 1.165) is 19.3 Å². The minimum Gasteiger partial charge on any atom is -0.481 e. The second-order valence-electron chi connectivity index (χ2n) is 5.56. The first kappa shape index (κ1) is 20.2. The second kappa shape index (κ2) is 10.9. The summed E-state index contributed by atoms with van der Waals surface area (Å²) < 4.78 is 9.50. The maximum atomic E-state index is 11.6. The Balaban J connectivity index is 4.27. The molecule has 0 unspecified atom stereocenters. The van der Waals surface area contributed by atoms with Gasteiger partial charge in [0.05, 0.1) is 0 Å². The van der Waals surface area contributed by atoms with E-state index in [0.29, 0.717) is 5.92 Å². The van der Waals surface area contributed by atoms with Crippen LogP contribution in [0.25, 0.3) is 0 Å². The Hall–Kier alpha value is -1.79. The largest absolute Gasteiger partial charge is 0.481 e. The average molecular weight is 317 g/mol. The quantitative estimate of drug-likeness (QED) is 0.474. The van der Waals surface area contributed by atoms with Crippen LogP contribution in [0.1, 0.15) is 53.4 Å². The molecule has 1 amide bonds. The summed E-state index contributed by atoms with van der Waals surface area (Å²) in [6.45, 7) is 7.01. The summed E-state index contributed by atoms with van der Waals surface area (Å²) in [6.07, 6.45) is 1.07. The number of hydrogen-bond donors (Lipinski definition) is 2. The molecular formula is C15H27NO6. The summed E-state index contributed by atoms with van der Waals surface area (Å²) in [5.74, 6) is -1.20. The van der Waals surface area contributed by atoms with Crippen LogP contribution < -0.4 is 5.32 Å². The third-order valence-electron chi connectivity index (χ3n) is 3.12. The molecule has 7 heteroatoms. The molecule has 0 aromatic carbocycles. The van der Waals surface area contributed by atoms with Gasteiger partial charge < -0.3 is 19.9 Å². The molecule has 0 radical (unpaired) electrons. The van der Waals surface area contributed by atoms with E-state index in [9.17, 15) is 14.4 Å². The van der Waals surface area contributed by atoms with E-state index in [4.69, 9.17) is 9.84 Å². The zero-order chi connectivity index (χ0) is 17.1. The number of rotatable bonds is 10. The van der Waals surface area contributed by atoms with E-state index < -0.39 is 24.3 Å². The topological polar surface area (TPSA) is 102 Å². The fourth-order valence-corrected chi connectivity index (χ4v) is 2.34. The van der Waals surface area contributed by atoms with Gasteiger partial charge in [-0.2, -0.15) is 0 Å². The highest BCUT2D eigenvalue weighted by molar-refractivity contribution is 5.69. The third-order valence-corrected chi connectivity index (χ3v) is 3.12. The van der Waals surface area contributed by atoms with Crippen LogP contribution in [-0.4, -0.2) is 36.0 Å². The monoisotopic (exact) mass is 317 g/mol. The van der Waals surface area contributed by atoms with Crippen LogP contribution in [0.15, 0.2) is 0 Å². The van der Waals surface area contributed by atoms with Crippen molar-refractivity contribution in [2.45, 2.75) is 59.7 Å². The minimum atomic E-state index is -0.977. The number of hydrogen-bond acceptors (Lipinski definition) is 5. The zero-order valence-electron chi connectivity index (χ0n) is 13.8. The van der Waals surface area contributed by atoms with Crippen molar-refractivity contribution in [3.8, 4) is 0 Å². The van der Waals surface area contributed by atoms with Crippen molar-refractivity contribution in [1.29, 1.82) is 0 Å². The lowest BCUT2D eigenvalue weighted by atomic mass is 9.90. The van der Waals surface area contributed by atoms with E-state index in [-0.39, 0.29) is 18.9 Å². The Bertz CT molecular complexity index is 371. The highest BCUT2D eigenvalue weighted by atomic mass is 16.7. The molecule has 0 spiro atoms. The summed E-state index contributed by atoms with van der Waals surface area (Å²) >= 11 is 0. The number of aliphatic carboxylic acids is 1. The van der Waals surface area contributed by atoms with Gasteiger partial charge in [-0.1, -0.05) is 26.7 Å². The Morgan fingerprint density at radius 3 is 2.32 bits per heavy atom. The van der Waals surface area contributed by atoms with E-state index >= 15 is 0 Å². The third kappa shape index (κ3) is 10.9. The van der Waals surface area contributed by atoms with E-state index in [1.807, 2.05) is 0 Å². The van der Waals surface area contributed by atoms with Crippen LogP contribution in [0.4, 0.5) is 4.79 Å². The predicted octanol–water partition coefficient (Wildman–Crippen LogP) is 2.54. The van der Waals surface area contributed by atoms with E-state index in [2.05, 4.69) is 23.9 Å². The first-order valence-electron chi connectivity index (χ1n) is 7.58. The maximum absolute atomic E-state index is 11.6. The van der Waals surface area contributed by atoms with Crippen molar-refractivity contribution in [2.24, 2.45) is 11.8 Å². The number of nitrogens with one attached hydrogen (secondary N) is 1. The number of esters is 1.